The van der Waals surface area contributed by atoms with Crippen molar-refractivity contribution in [3.8, 4) is 0 Å². The smallest absolute Gasteiger partial charge is 0.186 e. The van der Waals surface area contributed by atoms with Crippen LogP contribution in [0.5, 0.6) is 0 Å². The predicted octanol–water partition coefficient (Wildman–Crippen LogP) is 2.19. The molecule has 8 nitrogen and oxygen atoms in total. The first-order valence-electron chi connectivity index (χ1n) is 13.6. The summed E-state index contributed by atoms with van der Waals surface area (Å²) in [5, 5.41) is 21.0. The molecule has 2 N–H and O–H groups in total. The van der Waals surface area contributed by atoms with Gasteiger partial charge in [0.15, 0.2) is 12.1 Å². The van der Waals surface area contributed by atoms with Gasteiger partial charge in [-0.3, -0.25) is 9.59 Å². The van der Waals surface area contributed by atoms with Crippen LogP contribution in [-0.4, -0.2) is 77.9 Å². The van der Waals surface area contributed by atoms with Crippen LogP contribution >= 0.6 is 0 Å². The van der Waals surface area contributed by atoms with E-state index in [1.807, 2.05) is 6.92 Å². The largest absolute Gasteiger partial charge is 0.388 e. The van der Waals surface area contributed by atoms with Gasteiger partial charge in [-0.15, -0.1) is 0 Å². The number of hydrogen-bond donors (Lipinski definition) is 2. The van der Waals surface area contributed by atoms with Gasteiger partial charge >= 0.3 is 0 Å². The molecule has 0 aromatic rings. The molecule has 3 saturated carbocycles. The van der Waals surface area contributed by atoms with Crippen molar-refractivity contribution in [2.45, 2.75) is 109 Å². The molecule has 14 atom stereocenters. The molecular weight excluding hydrogens is 464 g/mol. The molecule has 8 heteroatoms. The summed E-state index contributed by atoms with van der Waals surface area (Å²) in [6.45, 7) is 8.07. The number of carbonyl (C=O) groups excluding carboxylic acids is 2. The van der Waals surface area contributed by atoms with E-state index in [-0.39, 0.29) is 52.5 Å². The first-order valence-corrected chi connectivity index (χ1v) is 13.6. The van der Waals surface area contributed by atoms with E-state index in [4.69, 9.17) is 18.9 Å². The maximum Gasteiger partial charge on any atom is 0.186 e. The second-order valence-electron chi connectivity index (χ2n) is 12.7. The molecule has 4 aliphatic carbocycles. The molecule has 0 aromatic carbocycles. The maximum absolute atomic E-state index is 14.1. The molecule has 6 aliphatic rings. The van der Waals surface area contributed by atoms with Crippen molar-refractivity contribution in [3.05, 3.63) is 11.6 Å². The number of hydrogen-bond acceptors (Lipinski definition) is 8. The molecule has 2 aliphatic heterocycles. The number of carbonyl (C=O) groups is 2. The Hall–Kier alpha value is -1.16. The summed E-state index contributed by atoms with van der Waals surface area (Å²) < 4.78 is 23.6. The minimum atomic E-state index is -1.10. The number of ether oxygens (including phenoxy) is 4. The summed E-state index contributed by atoms with van der Waals surface area (Å²) in [4.78, 5) is 27.4. The van der Waals surface area contributed by atoms with Crippen molar-refractivity contribution in [2.75, 3.05) is 7.11 Å². The van der Waals surface area contributed by atoms with Crippen LogP contribution in [0.4, 0.5) is 0 Å². The Balaban J connectivity index is 1.24. The van der Waals surface area contributed by atoms with Gasteiger partial charge in [-0.25, -0.2) is 0 Å². The van der Waals surface area contributed by atoms with E-state index in [1.54, 1.807) is 6.92 Å². The fraction of sp³-hybridized carbons (Fsp3) is 0.857. The third-order valence-electron chi connectivity index (χ3n) is 11.0. The van der Waals surface area contributed by atoms with Gasteiger partial charge in [0.1, 0.15) is 30.2 Å². The Morgan fingerprint density at radius 3 is 2.50 bits per heavy atom. The van der Waals surface area contributed by atoms with Crippen LogP contribution in [0.25, 0.3) is 0 Å². The molecule has 0 spiro atoms. The fourth-order valence-corrected chi connectivity index (χ4v) is 9.17. The number of fused-ring (bicyclic) bond motifs is 4. The summed E-state index contributed by atoms with van der Waals surface area (Å²) >= 11 is 0. The second kappa shape index (κ2) is 8.42. The topological polar surface area (TPSA) is 112 Å². The van der Waals surface area contributed by atoms with Gasteiger partial charge in [-0.1, -0.05) is 25.5 Å². The van der Waals surface area contributed by atoms with E-state index < -0.39 is 36.8 Å². The van der Waals surface area contributed by atoms with Gasteiger partial charge in [0.25, 0.3) is 0 Å². The minimum Gasteiger partial charge on any atom is -0.388 e. The molecule has 200 valence electrons. The molecule has 0 bridgehead atoms. The first-order chi connectivity index (χ1) is 17.0. The van der Waals surface area contributed by atoms with E-state index in [9.17, 15) is 19.8 Å². The molecule has 2 heterocycles. The molecule has 5 fully saturated rings. The van der Waals surface area contributed by atoms with Gasteiger partial charge < -0.3 is 29.2 Å². The molecule has 36 heavy (non-hydrogen) atoms. The Labute approximate surface area is 212 Å². The highest BCUT2D eigenvalue weighted by Crippen LogP contribution is 2.67. The SMILES string of the molecule is CO[C@H]1[C@@H](O)[C@@H](C)O[C@H](O[C@H]2CC[C@@]3(C)C(=CC[C@H]4[C@H]5C(=O)C[C@H]6[C@H](C)O[C@@H](C(=O)[C@@H]43)[C@@]56C)C2)[C@@H]1O. The Morgan fingerprint density at radius 2 is 1.78 bits per heavy atom. The normalized spacial score (nSPS) is 56.1. The highest BCUT2D eigenvalue weighted by atomic mass is 16.7. The van der Waals surface area contributed by atoms with E-state index in [2.05, 4.69) is 19.9 Å². The lowest BCUT2D eigenvalue weighted by Crippen LogP contribution is -2.61. The molecular formula is C28H40O8. The second-order valence-corrected chi connectivity index (χ2v) is 12.7. The molecule has 0 radical (unpaired) electrons. The molecule has 6 rings (SSSR count). The van der Waals surface area contributed by atoms with Crippen molar-refractivity contribution < 1.29 is 38.7 Å². The number of ketones is 2. The van der Waals surface area contributed by atoms with Gasteiger partial charge in [0, 0.05) is 36.7 Å². The van der Waals surface area contributed by atoms with Crippen molar-refractivity contribution in [1.82, 2.24) is 0 Å². The first kappa shape index (κ1) is 25.1. The van der Waals surface area contributed by atoms with Crippen LogP contribution in [0, 0.1) is 34.5 Å². The van der Waals surface area contributed by atoms with Gasteiger partial charge in [0.2, 0.25) is 0 Å². The number of methoxy groups -OCH3 is 1. The zero-order chi connectivity index (χ0) is 25.7. The summed E-state index contributed by atoms with van der Waals surface area (Å²) in [6.07, 6.45) is 0.668. The summed E-state index contributed by atoms with van der Waals surface area (Å²) in [5.41, 5.74) is 0.482. The standard InChI is InChI=1S/C28H40O8/c1-12-17-11-18(29)19-16-7-6-14-10-15(36-26-23(32)24(33-5)21(30)13(2)35-26)8-9-27(14,3)20(16)22(31)25(34-12)28(17,19)4/h6,12-13,15-17,19-21,23-26,30,32H,7-11H2,1-5H3/t12-,13+,15-,16-,17-,19-,20+,21-,23+,24-,25-,26+,27-,28+/m0/s1. The molecule has 2 saturated heterocycles. The molecule has 0 unspecified atom stereocenters. The van der Waals surface area contributed by atoms with Crippen LogP contribution in [0.2, 0.25) is 0 Å². The van der Waals surface area contributed by atoms with Crippen LogP contribution in [0.1, 0.15) is 59.8 Å². The minimum absolute atomic E-state index is 0.0321. The molecule has 0 amide bonds. The average molecular weight is 505 g/mol. The summed E-state index contributed by atoms with van der Waals surface area (Å²) in [7, 11) is 1.46. The van der Waals surface area contributed by atoms with Crippen molar-refractivity contribution in [1.29, 1.82) is 0 Å². The van der Waals surface area contributed by atoms with Crippen molar-refractivity contribution in [3.63, 3.8) is 0 Å². The van der Waals surface area contributed by atoms with E-state index >= 15 is 0 Å². The quantitative estimate of drug-likeness (QED) is 0.563. The third-order valence-corrected chi connectivity index (χ3v) is 11.0. The van der Waals surface area contributed by atoms with E-state index in [1.165, 1.54) is 12.7 Å². The number of aliphatic hydroxyl groups excluding tert-OH is 2. The predicted molar refractivity (Wildman–Crippen MR) is 128 cm³/mol. The summed E-state index contributed by atoms with van der Waals surface area (Å²) in [6, 6.07) is 0. The number of aliphatic hydroxyl groups is 2. The van der Waals surface area contributed by atoms with Gasteiger partial charge in [-0.05, 0) is 50.9 Å². The van der Waals surface area contributed by atoms with Crippen LogP contribution in [-0.2, 0) is 28.5 Å². The monoisotopic (exact) mass is 504 g/mol. The van der Waals surface area contributed by atoms with Gasteiger partial charge in [0.05, 0.1) is 18.3 Å². The number of rotatable bonds is 3. The Bertz CT molecular complexity index is 979. The highest BCUT2D eigenvalue weighted by Gasteiger charge is 2.72. The lowest BCUT2D eigenvalue weighted by Gasteiger charge is -2.57. The zero-order valence-corrected chi connectivity index (χ0v) is 21.9. The van der Waals surface area contributed by atoms with Crippen LogP contribution < -0.4 is 0 Å². The Morgan fingerprint density at radius 1 is 1.03 bits per heavy atom. The summed E-state index contributed by atoms with van der Waals surface area (Å²) in [5.74, 6) is 0.324. The number of allylic oxidation sites excluding steroid dienone is 1. The van der Waals surface area contributed by atoms with Crippen LogP contribution in [0.15, 0.2) is 11.6 Å². The van der Waals surface area contributed by atoms with E-state index in [0.29, 0.717) is 25.0 Å². The maximum atomic E-state index is 14.1. The van der Waals surface area contributed by atoms with Crippen molar-refractivity contribution >= 4 is 11.6 Å². The zero-order valence-electron chi connectivity index (χ0n) is 21.9. The lowest BCUT2D eigenvalue weighted by atomic mass is 9.46. The molecule has 0 aromatic heterocycles. The highest BCUT2D eigenvalue weighted by molar-refractivity contribution is 5.96. The van der Waals surface area contributed by atoms with Crippen molar-refractivity contribution in [2.24, 2.45) is 34.5 Å². The average Bonchev–Trinajstić information content (AvgIpc) is 3.25. The number of Topliss-reactive ketones (excluding diaryl/α,β-unsaturated/α-hetero) is 2. The third kappa shape index (κ3) is 3.21. The van der Waals surface area contributed by atoms with Crippen LogP contribution in [0.3, 0.4) is 0 Å². The van der Waals surface area contributed by atoms with Gasteiger partial charge in [-0.2, -0.15) is 0 Å². The van der Waals surface area contributed by atoms with E-state index in [0.717, 1.165) is 12.8 Å². The lowest BCUT2D eigenvalue weighted by molar-refractivity contribution is -0.309. The Kier molecular flexibility index (Phi) is 5.88. The fourth-order valence-electron chi connectivity index (χ4n) is 9.17.